The van der Waals surface area contributed by atoms with Crippen molar-refractivity contribution in [1.82, 2.24) is 10.4 Å². The molecule has 0 fully saturated rings. The van der Waals surface area contributed by atoms with Crippen LogP contribution in [0.5, 0.6) is 11.5 Å². The molecule has 0 aliphatic carbocycles. The molecule has 6 nitrogen and oxygen atoms in total. The van der Waals surface area contributed by atoms with Crippen molar-refractivity contribution >= 4 is 34.4 Å². The third-order valence-corrected chi connectivity index (χ3v) is 7.45. The zero-order chi connectivity index (χ0) is 28.6. The number of aromatic nitrogens is 1. The number of benzene rings is 4. The van der Waals surface area contributed by atoms with Gasteiger partial charge in [-0.3, -0.25) is 4.79 Å². The van der Waals surface area contributed by atoms with Gasteiger partial charge in [0.15, 0.2) is 11.5 Å². The number of ether oxygens (including phenoxy) is 2. The molecule has 0 spiro atoms. The summed E-state index contributed by atoms with van der Waals surface area (Å²) >= 11 is 1.58. The smallest absolute Gasteiger partial charge is 0.272 e. The first-order valence-corrected chi connectivity index (χ1v) is 14.4. The molecule has 4 aromatic carbocycles. The van der Waals surface area contributed by atoms with Crippen LogP contribution in [0.1, 0.15) is 27.0 Å². The fourth-order valence-electron chi connectivity index (χ4n) is 4.45. The SMILES string of the molecule is O=C(N/N=C/c1ccc(OCc2ccccc2)c(OCc2ccccc2)c1)c1cc(-c2cccs2)nc2ccccc12. The Morgan fingerprint density at radius 1 is 0.762 bits per heavy atom. The van der Waals surface area contributed by atoms with Crippen LogP contribution >= 0.6 is 11.3 Å². The van der Waals surface area contributed by atoms with Gasteiger partial charge in [-0.1, -0.05) is 84.9 Å². The molecule has 0 atom stereocenters. The predicted molar refractivity (Wildman–Crippen MR) is 168 cm³/mol. The summed E-state index contributed by atoms with van der Waals surface area (Å²) in [5.41, 5.74) is 7.56. The Labute approximate surface area is 247 Å². The highest BCUT2D eigenvalue weighted by Crippen LogP contribution is 2.30. The topological polar surface area (TPSA) is 72.8 Å². The fourth-order valence-corrected chi connectivity index (χ4v) is 5.13. The largest absolute Gasteiger partial charge is 0.485 e. The van der Waals surface area contributed by atoms with Crippen LogP contribution in [-0.4, -0.2) is 17.1 Å². The maximum absolute atomic E-state index is 13.3. The summed E-state index contributed by atoms with van der Waals surface area (Å²) in [5.74, 6) is 0.900. The zero-order valence-corrected chi connectivity index (χ0v) is 23.5. The van der Waals surface area contributed by atoms with E-state index < -0.39 is 0 Å². The lowest BCUT2D eigenvalue weighted by molar-refractivity contribution is 0.0956. The fraction of sp³-hybridized carbons (Fsp3) is 0.0571. The van der Waals surface area contributed by atoms with Crippen molar-refractivity contribution in [2.45, 2.75) is 13.2 Å². The van der Waals surface area contributed by atoms with Crippen molar-refractivity contribution in [3.8, 4) is 22.1 Å². The number of pyridine rings is 1. The van der Waals surface area contributed by atoms with Gasteiger partial charge < -0.3 is 9.47 Å². The minimum atomic E-state index is -0.314. The monoisotopic (exact) mass is 569 g/mol. The molecule has 206 valence electrons. The summed E-state index contributed by atoms with van der Waals surface area (Å²) in [6.45, 7) is 0.806. The number of thiophene rings is 1. The average Bonchev–Trinajstić information content (AvgIpc) is 3.59. The summed E-state index contributed by atoms with van der Waals surface area (Å²) in [6.07, 6.45) is 1.60. The van der Waals surface area contributed by atoms with Crippen LogP contribution in [-0.2, 0) is 13.2 Å². The van der Waals surface area contributed by atoms with Crippen molar-refractivity contribution in [2.75, 3.05) is 0 Å². The van der Waals surface area contributed by atoms with Gasteiger partial charge in [-0.2, -0.15) is 5.10 Å². The summed E-state index contributed by atoms with van der Waals surface area (Å²) in [7, 11) is 0. The number of carbonyl (C=O) groups excluding carboxylic acids is 1. The van der Waals surface area contributed by atoms with Gasteiger partial charge in [-0.25, -0.2) is 10.4 Å². The second-order valence-corrected chi connectivity index (χ2v) is 10.5. The lowest BCUT2D eigenvalue weighted by Crippen LogP contribution is -2.18. The average molecular weight is 570 g/mol. The molecule has 0 aliphatic rings. The highest BCUT2D eigenvalue weighted by Gasteiger charge is 2.14. The van der Waals surface area contributed by atoms with Gasteiger partial charge in [0.1, 0.15) is 13.2 Å². The van der Waals surface area contributed by atoms with Gasteiger partial charge in [0, 0.05) is 5.39 Å². The molecule has 7 heteroatoms. The van der Waals surface area contributed by atoms with E-state index in [-0.39, 0.29) is 5.91 Å². The number of hydrazone groups is 1. The van der Waals surface area contributed by atoms with Crippen LogP contribution in [0.25, 0.3) is 21.5 Å². The maximum atomic E-state index is 13.3. The molecule has 0 bridgehead atoms. The van der Waals surface area contributed by atoms with Gasteiger partial charge in [0.25, 0.3) is 5.91 Å². The van der Waals surface area contributed by atoms with Crippen LogP contribution in [0, 0.1) is 0 Å². The Bertz CT molecular complexity index is 1820. The third-order valence-electron chi connectivity index (χ3n) is 6.56. The zero-order valence-electron chi connectivity index (χ0n) is 22.6. The van der Waals surface area contributed by atoms with Crippen molar-refractivity contribution < 1.29 is 14.3 Å². The number of hydrogen-bond acceptors (Lipinski definition) is 6. The maximum Gasteiger partial charge on any atom is 0.272 e. The highest BCUT2D eigenvalue weighted by atomic mass is 32.1. The van der Waals surface area contributed by atoms with E-state index in [2.05, 4.69) is 10.5 Å². The number of rotatable bonds is 10. The molecule has 0 saturated carbocycles. The Morgan fingerprint density at radius 2 is 1.45 bits per heavy atom. The van der Waals surface area contributed by atoms with Gasteiger partial charge in [0.2, 0.25) is 0 Å². The van der Waals surface area contributed by atoms with Gasteiger partial charge in [-0.15, -0.1) is 11.3 Å². The molecule has 6 aromatic rings. The quantitative estimate of drug-likeness (QED) is 0.135. The molecule has 2 heterocycles. The van der Waals surface area contributed by atoms with Gasteiger partial charge in [-0.05, 0) is 58.5 Å². The lowest BCUT2D eigenvalue weighted by atomic mass is 10.1. The molecule has 0 radical (unpaired) electrons. The lowest BCUT2D eigenvalue weighted by Gasteiger charge is -2.14. The summed E-state index contributed by atoms with van der Waals surface area (Å²) < 4.78 is 12.3. The first kappa shape index (κ1) is 26.9. The van der Waals surface area contributed by atoms with E-state index in [0.717, 1.165) is 38.2 Å². The number of carbonyl (C=O) groups is 1. The molecule has 6 rings (SSSR count). The van der Waals surface area contributed by atoms with Crippen LogP contribution in [0.4, 0.5) is 0 Å². The number of hydrogen-bond donors (Lipinski definition) is 1. The summed E-state index contributed by atoms with van der Waals surface area (Å²) in [5, 5.41) is 7.02. The standard InChI is InChI=1S/C35H27N3O3S/c39-35(29-21-31(34-16-9-19-42-34)37-30-15-8-7-14-28(29)30)38-36-22-27-17-18-32(40-23-25-10-3-1-4-11-25)33(20-27)41-24-26-12-5-2-6-13-26/h1-22H,23-24H2,(H,38,39)/b36-22+. The van der Waals surface area contributed by atoms with E-state index in [1.54, 1.807) is 17.6 Å². The van der Waals surface area contributed by atoms with Gasteiger partial charge >= 0.3 is 0 Å². The molecule has 1 N–H and O–H groups in total. The van der Waals surface area contributed by atoms with Crippen LogP contribution in [0.2, 0.25) is 0 Å². The first-order chi connectivity index (χ1) is 20.7. The van der Waals surface area contributed by atoms with E-state index >= 15 is 0 Å². The normalized spacial score (nSPS) is 11.0. The molecule has 0 saturated heterocycles. The van der Waals surface area contributed by atoms with Gasteiger partial charge in [0.05, 0.1) is 27.9 Å². The minimum absolute atomic E-state index is 0.314. The van der Waals surface area contributed by atoms with E-state index in [1.807, 2.05) is 127 Å². The summed E-state index contributed by atoms with van der Waals surface area (Å²) in [4.78, 5) is 19.0. The molecule has 2 aromatic heterocycles. The molecular formula is C35H27N3O3S. The number of para-hydroxylation sites is 1. The van der Waals surface area contributed by atoms with E-state index in [4.69, 9.17) is 14.5 Å². The van der Waals surface area contributed by atoms with E-state index in [1.165, 1.54) is 0 Å². The first-order valence-electron chi connectivity index (χ1n) is 13.5. The minimum Gasteiger partial charge on any atom is -0.485 e. The molecule has 1 amide bonds. The molecule has 42 heavy (non-hydrogen) atoms. The third kappa shape index (κ3) is 6.54. The van der Waals surface area contributed by atoms with Crippen LogP contribution in [0.15, 0.2) is 132 Å². The highest BCUT2D eigenvalue weighted by molar-refractivity contribution is 7.13. The van der Waals surface area contributed by atoms with Crippen molar-refractivity contribution in [2.24, 2.45) is 5.10 Å². The second kappa shape index (κ2) is 12.9. The molecular weight excluding hydrogens is 542 g/mol. The molecule has 0 unspecified atom stereocenters. The Hall–Kier alpha value is -5.27. The number of amides is 1. The molecule has 0 aliphatic heterocycles. The second-order valence-electron chi connectivity index (χ2n) is 9.50. The summed E-state index contributed by atoms with van der Waals surface area (Å²) in [6, 6.07) is 38.9. The van der Waals surface area contributed by atoms with Crippen LogP contribution < -0.4 is 14.9 Å². The van der Waals surface area contributed by atoms with E-state index in [0.29, 0.717) is 30.3 Å². The van der Waals surface area contributed by atoms with Crippen molar-refractivity contribution in [3.63, 3.8) is 0 Å². The van der Waals surface area contributed by atoms with Crippen molar-refractivity contribution in [3.05, 3.63) is 149 Å². The Balaban J connectivity index is 1.21. The Morgan fingerprint density at radius 3 is 2.17 bits per heavy atom. The number of fused-ring (bicyclic) bond motifs is 1. The van der Waals surface area contributed by atoms with E-state index in [9.17, 15) is 4.79 Å². The Kier molecular flexibility index (Phi) is 8.29. The van der Waals surface area contributed by atoms with Crippen molar-refractivity contribution in [1.29, 1.82) is 0 Å². The number of nitrogens with zero attached hydrogens (tertiary/aromatic N) is 2. The number of nitrogens with one attached hydrogen (secondary N) is 1. The predicted octanol–water partition coefficient (Wildman–Crippen LogP) is 7.89. The van der Waals surface area contributed by atoms with Crippen LogP contribution in [0.3, 0.4) is 0 Å².